The molecule has 1 aromatic heterocycles. The van der Waals surface area contributed by atoms with Gasteiger partial charge in [0.25, 0.3) is 0 Å². The molecular weight excluding hydrogens is 537 g/mol. The van der Waals surface area contributed by atoms with E-state index in [4.69, 9.17) is 0 Å². The van der Waals surface area contributed by atoms with Gasteiger partial charge >= 0.3 is 6.18 Å². The summed E-state index contributed by atoms with van der Waals surface area (Å²) in [5.41, 5.74) is -1.26. The van der Waals surface area contributed by atoms with Crippen molar-refractivity contribution in [2.24, 2.45) is 0 Å². The molecular formula is C25H31F3N6O2S2. The van der Waals surface area contributed by atoms with Gasteiger partial charge in [-0.15, -0.1) is 0 Å². The molecule has 0 spiro atoms. The third-order valence-corrected chi connectivity index (χ3v) is 7.47. The van der Waals surface area contributed by atoms with Crippen molar-refractivity contribution in [3.8, 4) is 0 Å². The highest BCUT2D eigenvalue weighted by Crippen LogP contribution is 2.36. The van der Waals surface area contributed by atoms with Crippen LogP contribution < -0.4 is 20.1 Å². The van der Waals surface area contributed by atoms with Gasteiger partial charge in [-0.2, -0.15) is 18.2 Å². The zero-order valence-electron chi connectivity index (χ0n) is 21.9. The number of hydrogen-bond donors (Lipinski definition) is 4. The van der Waals surface area contributed by atoms with Gasteiger partial charge in [0.15, 0.2) is 0 Å². The Balaban J connectivity index is 1.90. The number of anilines is 4. The van der Waals surface area contributed by atoms with Crippen molar-refractivity contribution in [1.82, 2.24) is 19.4 Å². The van der Waals surface area contributed by atoms with Crippen molar-refractivity contribution in [3.63, 3.8) is 0 Å². The molecule has 1 heterocycles. The van der Waals surface area contributed by atoms with E-state index in [1.165, 1.54) is 36.2 Å². The van der Waals surface area contributed by atoms with Crippen LogP contribution >= 0.6 is 11.9 Å². The van der Waals surface area contributed by atoms with Crippen LogP contribution in [0, 0.1) is 0 Å². The first-order valence-electron chi connectivity index (χ1n) is 11.6. The predicted molar refractivity (Wildman–Crippen MR) is 145 cm³/mol. The van der Waals surface area contributed by atoms with Crippen LogP contribution in [0.4, 0.5) is 36.3 Å². The van der Waals surface area contributed by atoms with Gasteiger partial charge in [-0.3, -0.25) is 4.72 Å². The van der Waals surface area contributed by atoms with Gasteiger partial charge in [0, 0.05) is 33.5 Å². The Kier molecular flexibility index (Phi) is 8.66. The summed E-state index contributed by atoms with van der Waals surface area (Å²) in [6, 6.07) is 12.7. The predicted octanol–water partition coefficient (Wildman–Crippen LogP) is 6.45. The summed E-state index contributed by atoms with van der Waals surface area (Å²) in [5.74, 6) is -0.585. The number of alkyl halides is 3. The average Bonchev–Trinajstić information content (AvgIpc) is 2.75. The maximum Gasteiger partial charge on any atom is 0.421 e. The maximum atomic E-state index is 13.7. The molecule has 13 heteroatoms. The molecule has 0 fully saturated rings. The summed E-state index contributed by atoms with van der Waals surface area (Å²) in [6.45, 7) is 11.1. The van der Waals surface area contributed by atoms with E-state index in [2.05, 4.69) is 30.0 Å². The van der Waals surface area contributed by atoms with Crippen LogP contribution in [0.25, 0.3) is 0 Å². The smallest absolute Gasteiger partial charge is 0.340 e. The lowest BCUT2D eigenvalue weighted by Gasteiger charge is -2.21. The lowest BCUT2D eigenvalue weighted by molar-refractivity contribution is -0.137. The summed E-state index contributed by atoms with van der Waals surface area (Å²) in [5, 5.41) is 5.54. The zero-order valence-corrected chi connectivity index (χ0v) is 23.5. The molecule has 4 N–H and O–H groups in total. The van der Waals surface area contributed by atoms with Crippen molar-refractivity contribution in [1.29, 1.82) is 0 Å². The molecule has 0 amide bonds. The molecule has 38 heavy (non-hydrogen) atoms. The number of halogens is 3. The van der Waals surface area contributed by atoms with Gasteiger partial charge in [-0.05, 0) is 89.9 Å². The monoisotopic (exact) mass is 568 g/mol. The molecule has 8 nitrogen and oxygen atoms in total. The fraction of sp³-hybridized carbons (Fsp3) is 0.360. The SMILES string of the molecule is CC(C)(C)NSc1cccc(Nc2ncc(C(F)(F)F)c(Nc3cccc(S(=O)(=O)NC(C)(C)C)c3)n2)c1. The highest BCUT2D eigenvalue weighted by atomic mass is 32.2. The Bertz CT molecular complexity index is 1380. The van der Waals surface area contributed by atoms with Crippen LogP contribution in [-0.2, 0) is 16.2 Å². The lowest BCUT2D eigenvalue weighted by atomic mass is 10.1. The number of sulfonamides is 1. The molecule has 0 aliphatic rings. The number of aromatic nitrogens is 2. The summed E-state index contributed by atoms with van der Waals surface area (Å²) < 4.78 is 72.4. The average molecular weight is 569 g/mol. The van der Waals surface area contributed by atoms with Gasteiger partial charge in [-0.1, -0.05) is 12.1 Å². The topological polar surface area (TPSA) is 108 Å². The fourth-order valence-electron chi connectivity index (χ4n) is 3.06. The minimum atomic E-state index is -4.74. The Morgan fingerprint density at radius 2 is 1.47 bits per heavy atom. The van der Waals surface area contributed by atoms with Crippen molar-refractivity contribution in [2.45, 2.75) is 68.6 Å². The van der Waals surface area contributed by atoms with Gasteiger partial charge in [-0.25, -0.2) is 18.1 Å². The number of benzene rings is 2. The van der Waals surface area contributed by atoms with Gasteiger partial charge < -0.3 is 10.6 Å². The molecule has 206 valence electrons. The molecule has 0 atom stereocenters. The molecule has 0 saturated heterocycles. The fourth-order valence-corrected chi connectivity index (χ4v) is 5.28. The Labute approximate surface area is 225 Å². The van der Waals surface area contributed by atoms with Crippen molar-refractivity contribution in [3.05, 3.63) is 60.3 Å². The number of nitrogens with zero attached hydrogens (tertiary/aromatic N) is 2. The summed E-state index contributed by atoms with van der Waals surface area (Å²) in [4.78, 5) is 8.69. The highest BCUT2D eigenvalue weighted by Gasteiger charge is 2.35. The second kappa shape index (κ2) is 11.1. The molecule has 0 unspecified atom stereocenters. The lowest BCUT2D eigenvalue weighted by Crippen LogP contribution is -2.40. The minimum Gasteiger partial charge on any atom is -0.340 e. The molecule has 0 aliphatic heterocycles. The number of nitrogens with one attached hydrogen (secondary N) is 4. The van der Waals surface area contributed by atoms with Crippen molar-refractivity contribution in [2.75, 3.05) is 10.6 Å². The summed E-state index contributed by atoms with van der Waals surface area (Å²) >= 11 is 1.42. The molecule has 3 aromatic rings. The number of rotatable bonds is 8. The van der Waals surface area contributed by atoms with E-state index >= 15 is 0 Å². The third kappa shape index (κ3) is 8.86. The molecule has 0 bridgehead atoms. The number of hydrogen-bond acceptors (Lipinski definition) is 8. The van der Waals surface area contributed by atoms with Crippen LogP contribution in [0.3, 0.4) is 0 Å². The first kappa shape index (κ1) is 29.7. The second-order valence-corrected chi connectivity index (χ2v) is 13.1. The first-order chi connectivity index (χ1) is 17.4. The van der Waals surface area contributed by atoms with Crippen LogP contribution in [0.1, 0.15) is 47.1 Å². The van der Waals surface area contributed by atoms with E-state index < -0.39 is 33.1 Å². The quantitative estimate of drug-likeness (QED) is 0.230. The van der Waals surface area contributed by atoms with Crippen molar-refractivity contribution >= 4 is 45.1 Å². The summed E-state index contributed by atoms with van der Waals surface area (Å²) in [6.07, 6.45) is -4.06. The van der Waals surface area contributed by atoms with Gasteiger partial charge in [0.05, 0.1) is 4.90 Å². The third-order valence-electron chi connectivity index (χ3n) is 4.51. The largest absolute Gasteiger partial charge is 0.421 e. The summed E-state index contributed by atoms with van der Waals surface area (Å²) in [7, 11) is -3.90. The van der Waals surface area contributed by atoms with Gasteiger partial charge in [0.1, 0.15) is 11.4 Å². The van der Waals surface area contributed by atoms with E-state index in [0.29, 0.717) is 11.9 Å². The van der Waals surface area contributed by atoms with E-state index in [9.17, 15) is 21.6 Å². The normalized spacial score (nSPS) is 12.9. The first-order valence-corrected chi connectivity index (χ1v) is 13.9. The Hall–Kier alpha value is -2.87. The van der Waals surface area contributed by atoms with Crippen LogP contribution in [-0.4, -0.2) is 29.5 Å². The van der Waals surface area contributed by atoms with E-state index in [-0.39, 0.29) is 22.1 Å². The molecule has 0 aliphatic carbocycles. The van der Waals surface area contributed by atoms with Crippen molar-refractivity contribution < 1.29 is 21.6 Å². The standard InChI is InChI=1S/C25H31F3N6O2S2/c1-23(2,3)33-37-18-11-7-9-16(13-18)31-22-29-15-20(25(26,27)28)21(32-22)30-17-10-8-12-19(14-17)38(35,36)34-24(4,5)6/h7-15,33-34H,1-6H3,(H2,29,30,31,32). The van der Waals surface area contributed by atoms with Crippen LogP contribution in [0.2, 0.25) is 0 Å². The van der Waals surface area contributed by atoms with E-state index in [1.807, 2.05) is 32.9 Å². The maximum absolute atomic E-state index is 13.7. The van der Waals surface area contributed by atoms with E-state index in [1.54, 1.807) is 32.9 Å². The zero-order chi connectivity index (χ0) is 28.4. The van der Waals surface area contributed by atoms with Crippen LogP contribution in [0.5, 0.6) is 0 Å². The molecule has 0 radical (unpaired) electrons. The molecule has 3 rings (SSSR count). The Morgan fingerprint density at radius 1 is 0.842 bits per heavy atom. The second-order valence-electron chi connectivity index (χ2n) is 10.6. The van der Waals surface area contributed by atoms with E-state index in [0.717, 1.165) is 4.90 Å². The minimum absolute atomic E-state index is 0.0652. The van der Waals surface area contributed by atoms with Gasteiger partial charge in [0.2, 0.25) is 16.0 Å². The highest BCUT2D eigenvalue weighted by molar-refractivity contribution is 7.97. The van der Waals surface area contributed by atoms with Crippen LogP contribution in [0.15, 0.2) is 64.5 Å². The Morgan fingerprint density at radius 3 is 2.08 bits per heavy atom. The molecule has 2 aromatic carbocycles. The molecule has 0 saturated carbocycles.